The molecular weight excluding hydrogens is 791 g/mol. The quantitative estimate of drug-likeness (QED) is 0.0727. The van der Waals surface area contributed by atoms with E-state index in [0.29, 0.717) is 23.4 Å². The van der Waals surface area contributed by atoms with Gasteiger partial charge in [-0.1, -0.05) is 24.0 Å². The highest BCUT2D eigenvalue weighted by Gasteiger charge is 2.33. The molecule has 1 aliphatic rings. The van der Waals surface area contributed by atoms with Gasteiger partial charge in [0, 0.05) is 38.7 Å². The smallest absolute Gasteiger partial charge is 0.422 e. The lowest BCUT2D eigenvalue weighted by atomic mass is 10.0. The van der Waals surface area contributed by atoms with Crippen LogP contribution in [0.2, 0.25) is 0 Å². The third kappa shape index (κ3) is 13.7. The Balaban J connectivity index is 1.55. The number of fused-ring (bicyclic) bond motifs is 1. The number of thiophene rings is 1. The highest BCUT2D eigenvalue weighted by Crippen LogP contribution is 2.40. The van der Waals surface area contributed by atoms with Crippen molar-refractivity contribution in [3.8, 4) is 17.6 Å². The molecule has 0 radical (unpaired) electrons. The van der Waals surface area contributed by atoms with Crippen molar-refractivity contribution in [3.63, 3.8) is 0 Å². The number of halogens is 7. The highest BCUT2D eigenvalue weighted by molar-refractivity contribution is 7.20. The number of hydrogen-bond donors (Lipinski definition) is 5. The summed E-state index contributed by atoms with van der Waals surface area (Å²) in [6.45, 7) is -1.18. The van der Waals surface area contributed by atoms with Crippen LogP contribution in [0.15, 0.2) is 36.4 Å². The molecule has 1 saturated heterocycles. The maximum absolute atomic E-state index is 15.3. The van der Waals surface area contributed by atoms with Gasteiger partial charge in [-0.15, -0.1) is 11.3 Å². The number of amides is 2. The van der Waals surface area contributed by atoms with Gasteiger partial charge in [0.15, 0.2) is 6.61 Å². The number of alkyl halides is 7. The van der Waals surface area contributed by atoms with E-state index in [0.717, 1.165) is 24.5 Å². The highest BCUT2D eigenvalue weighted by atomic mass is 32.1. The zero-order valence-electron chi connectivity index (χ0n) is 30.8. The minimum absolute atomic E-state index is 0.0368. The number of carbonyl (C=O) groups is 3. The van der Waals surface area contributed by atoms with Crippen molar-refractivity contribution in [2.24, 2.45) is 5.73 Å². The van der Waals surface area contributed by atoms with Crippen molar-refractivity contribution < 1.29 is 64.4 Å². The fourth-order valence-corrected chi connectivity index (χ4v) is 7.24. The summed E-state index contributed by atoms with van der Waals surface area (Å²) >= 11 is 0.978. The second-order valence-corrected chi connectivity index (χ2v) is 14.2. The van der Waals surface area contributed by atoms with Crippen LogP contribution in [0.3, 0.4) is 0 Å². The molecule has 6 N–H and O–H groups in total. The molecule has 0 saturated carbocycles. The first-order chi connectivity index (χ1) is 26.9. The van der Waals surface area contributed by atoms with Gasteiger partial charge in [0.2, 0.25) is 5.91 Å². The van der Waals surface area contributed by atoms with Crippen molar-refractivity contribution in [3.05, 3.63) is 52.4 Å². The maximum atomic E-state index is 15.3. The van der Waals surface area contributed by atoms with Gasteiger partial charge in [0.1, 0.15) is 18.0 Å². The Morgan fingerprint density at radius 1 is 1.09 bits per heavy atom. The van der Waals surface area contributed by atoms with Crippen LogP contribution >= 0.6 is 11.3 Å². The fourth-order valence-electron chi connectivity index (χ4n) is 6.07. The summed E-state index contributed by atoms with van der Waals surface area (Å²) in [6, 6.07) is 6.18. The summed E-state index contributed by atoms with van der Waals surface area (Å²) in [5.41, 5.74) is 5.20. The Labute approximate surface area is 327 Å². The number of likely N-dealkylation sites (tertiary alicyclic amines) is 1. The van der Waals surface area contributed by atoms with E-state index in [-0.39, 0.29) is 66.2 Å². The lowest BCUT2D eigenvalue weighted by Crippen LogP contribution is -2.50. The molecule has 1 aliphatic heterocycles. The summed E-state index contributed by atoms with van der Waals surface area (Å²) in [7, 11) is 2.50. The Kier molecular flexibility index (Phi) is 15.8. The SMILES string of the molecule is COCC(O)CN1CCC(Nc2cccc3c(CC(F)(F)F)c(C#CCNc4ccc(C(=O)NC(CCC(N)=O)C(=O)OC)cc4OCC(F)(F)F)sc23)C(F)C1. The summed E-state index contributed by atoms with van der Waals surface area (Å²) < 4.78 is 111. The number of nitrogens with one attached hydrogen (secondary N) is 3. The molecule has 0 bridgehead atoms. The predicted molar refractivity (Wildman–Crippen MR) is 198 cm³/mol. The van der Waals surface area contributed by atoms with Gasteiger partial charge >= 0.3 is 18.3 Å². The van der Waals surface area contributed by atoms with Crippen LogP contribution in [0, 0.1) is 11.8 Å². The normalized spacial score (nSPS) is 17.2. The number of benzene rings is 2. The van der Waals surface area contributed by atoms with Crippen molar-refractivity contribution in [2.75, 3.05) is 64.2 Å². The van der Waals surface area contributed by atoms with E-state index in [1.54, 1.807) is 17.0 Å². The van der Waals surface area contributed by atoms with Crippen molar-refractivity contribution in [1.82, 2.24) is 10.2 Å². The molecule has 20 heteroatoms. The summed E-state index contributed by atoms with van der Waals surface area (Å²) in [5, 5.41) is 18.6. The number of nitrogens with zero attached hydrogens (tertiary/aromatic N) is 1. The number of nitrogens with two attached hydrogens (primary N) is 1. The van der Waals surface area contributed by atoms with Gasteiger partial charge in [-0.25, -0.2) is 9.18 Å². The second-order valence-electron chi connectivity index (χ2n) is 13.1. The van der Waals surface area contributed by atoms with Gasteiger partial charge in [0.25, 0.3) is 5.91 Å². The number of primary amides is 1. The molecule has 1 aromatic heterocycles. The third-order valence-electron chi connectivity index (χ3n) is 8.66. The topological polar surface area (TPSA) is 164 Å². The monoisotopic (exact) mass is 833 g/mol. The van der Waals surface area contributed by atoms with Crippen LogP contribution in [0.5, 0.6) is 5.75 Å². The number of rotatable bonds is 17. The Hall–Kier alpha value is -4.84. The number of ether oxygens (including phenoxy) is 3. The van der Waals surface area contributed by atoms with Crippen molar-refractivity contribution in [2.45, 2.75) is 62.4 Å². The fraction of sp³-hybridized carbons (Fsp3) is 0.486. The molecule has 3 aromatic rings. The average Bonchev–Trinajstić information content (AvgIpc) is 3.47. The van der Waals surface area contributed by atoms with Gasteiger partial charge in [-0.2, -0.15) is 26.3 Å². The summed E-state index contributed by atoms with van der Waals surface area (Å²) in [6.07, 6.45) is -12.9. The first-order valence-corrected chi connectivity index (χ1v) is 18.3. The molecule has 2 aromatic carbocycles. The van der Waals surface area contributed by atoms with Crippen LogP contribution in [0.25, 0.3) is 10.1 Å². The molecule has 4 unspecified atom stereocenters. The summed E-state index contributed by atoms with van der Waals surface area (Å²) in [4.78, 5) is 38.1. The standard InChI is InChI=1S/C37H42F7N5O7S/c1-54-19-22(50)17-49-14-12-26(25(38)18-49)47-28-6-3-5-23-24(16-36(39,40)41)31(57-33(23)28)7-4-13-46-27-9-8-21(15-30(27)56-20-37(42,43)44)34(52)48-29(35(53)55-2)10-11-32(45)51/h3,5-6,8-9,15,22,25-26,29,46-47,50H,10-14,16-20H2,1-2H3,(H2,45,51)(H,48,52). The number of aliphatic hydroxyl groups excluding tert-OH is 1. The molecule has 1 fully saturated rings. The van der Waals surface area contributed by atoms with Crippen molar-refractivity contribution >= 4 is 50.6 Å². The number of methoxy groups -OCH3 is 2. The number of hydrogen-bond acceptors (Lipinski definition) is 11. The number of esters is 1. The largest absolute Gasteiger partial charge is 0.482 e. The van der Waals surface area contributed by atoms with E-state index < -0.39 is 73.3 Å². The van der Waals surface area contributed by atoms with Gasteiger partial charge < -0.3 is 41.0 Å². The molecule has 2 heterocycles. The maximum Gasteiger partial charge on any atom is 0.422 e. The average molecular weight is 834 g/mol. The van der Waals surface area contributed by atoms with E-state index in [1.807, 2.05) is 0 Å². The van der Waals surface area contributed by atoms with E-state index in [9.17, 15) is 45.8 Å². The van der Waals surface area contributed by atoms with Crippen LogP contribution in [-0.4, -0.2) is 118 Å². The minimum atomic E-state index is -4.76. The Bertz CT molecular complexity index is 1930. The van der Waals surface area contributed by atoms with Gasteiger partial charge in [-0.3, -0.25) is 14.5 Å². The lowest BCUT2D eigenvalue weighted by molar-refractivity contribution is -0.153. The number of carbonyl (C=O) groups excluding carboxylic acids is 3. The Morgan fingerprint density at radius 3 is 2.49 bits per heavy atom. The number of anilines is 2. The molecule has 312 valence electrons. The Morgan fingerprint density at radius 2 is 1.84 bits per heavy atom. The first-order valence-electron chi connectivity index (χ1n) is 17.5. The first kappa shape index (κ1) is 44.9. The van der Waals surface area contributed by atoms with Crippen LogP contribution < -0.4 is 26.4 Å². The van der Waals surface area contributed by atoms with E-state index in [1.165, 1.54) is 25.3 Å². The molecule has 0 spiro atoms. The van der Waals surface area contributed by atoms with Crippen LogP contribution in [0.4, 0.5) is 42.1 Å². The van der Waals surface area contributed by atoms with Crippen LogP contribution in [0.1, 0.15) is 40.1 Å². The van der Waals surface area contributed by atoms with Crippen LogP contribution in [-0.2, 0) is 25.5 Å². The zero-order chi connectivity index (χ0) is 41.9. The van der Waals surface area contributed by atoms with Crippen molar-refractivity contribution in [1.29, 1.82) is 0 Å². The number of β-amino-alcohol motifs (C(OH)–C–C–N with tert-alkyl or cyclic N) is 1. The number of piperidine rings is 1. The molecule has 4 atom stereocenters. The lowest BCUT2D eigenvalue weighted by Gasteiger charge is -2.36. The van der Waals surface area contributed by atoms with E-state index in [2.05, 4.69) is 32.5 Å². The second kappa shape index (κ2) is 20.0. The molecule has 12 nitrogen and oxygen atoms in total. The minimum Gasteiger partial charge on any atom is -0.482 e. The zero-order valence-corrected chi connectivity index (χ0v) is 31.6. The van der Waals surface area contributed by atoms with Gasteiger partial charge in [0.05, 0.1) is 59.8 Å². The molecule has 0 aliphatic carbocycles. The van der Waals surface area contributed by atoms with E-state index in [4.69, 9.17) is 15.2 Å². The summed E-state index contributed by atoms with van der Waals surface area (Å²) in [5.74, 6) is 2.47. The number of aliphatic hydroxyl groups is 1. The molecule has 4 rings (SSSR count). The molecule has 57 heavy (non-hydrogen) atoms. The molecular formula is C37H42F7N5O7S. The predicted octanol–water partition coefficient (Wildman–Crippen LogP) is 4.78. The van der Waals surface area contributed by atoms with Gasteiger partial charge in [-0.05, 0) is 48.1 Å². The van der Waals surface area contributed by atoms with E-state index >= 15 is 4.39 Å². The molecule has 2 amide bonds. The third-order valence-corrected chi connectivity index (χ3v) is 9.86.